The van der Waals surface area contributed by atoms with Crippen molar-refractivity contribution in [1.29, 1.82) is 0 Å². The number of carbonyl (C=O) groups excluding carboxylic acids is 1. The van der Waals surface area contributed by atoms with E-state index in [1.165, 1.54) is 6.92 Å². The van der Waals surface area contributed by atoms with Crippen LogP contribution in [0.1, 0.15) is 144 Å². The zero-order valence-electron chi connectivity index (χ0n) is 55.0. The average Bonchev–Trinajstić information content (AvgIpc) is 0.888. The molecule has 0 radical (unpaired) electrons. The molecular formula is C58H114NO31P3. The topological polar surface area (TPSA) is 462 Å². The summed E-state index contributed by atoms with van der Waals surface area (Å²) in [4.78, 5) is 42.7. The van der Waals surface area contributed by atoms with Crippen molar-refractivity contribution in [3.63, 3.8) is 0 Å². The Morgan fingerprint density at radius 1 is 0.430 bits per heavy atom. The molecule has 13 N–H and O–H groups in total. The molecule has 3 saturated heterocycles. The van der Waals surface area contributed by atoms with Crippen LogP contribution in [0.25, 0.3) is 0 Å². The maximum Gasteiger partial charge on any atom is 0.472 e. The Balaban J connectivity index is 1.41. The van der Waals surface area contributed by atoms with Crippen molar-refractivity contribution in [2.75, 3.05) is 119 Å². The van der Waals surface area contributed by atoms with Gasteiger partial charge in [0.05, 0.1) is 116 Å². The molecule has 93 heavy (non-hydrogen) atoms. The summed E-state index contributed by atoms with van der Waals surface area (Å²) in [6, 6.07) is -1.06. The van der Waals surface area contributed by atoms with Gasteiger partial charge in [0.2, 0.25) is 5.91 Å². The van der Waals surface area contributed by atoms with Gasteiger partial charge in [0.15, 0.2) is 12.6 Å². The molecule has 3 aliphatic heterocycles. The third kappa shape index (κ3) is 34.8. The first kappa shape index (κ1) is 86.3. The fourth-order valence-corrected chi connectivity index (χ4v) is 12.7. The van der Waals surface area contributed by atoms with Gasteiger partial charge in [-0.25, -0.2) is 13.7 Å². The number of aliphatic hydroxyl groups excluding tert-OH is 9. The molecule has 19 atom stereocenters. The molecule has 0 aromatic heterocycles. The summed E-state index contributed by atoms with van der Waals surface area (Å²) >= 11 is 0. The number of carbonyl (C=O) groups is 1. The van der Waals surface area contributed by atoms with Crippen molar-refractivity contribution in [3.05, 3.63) is 0 Å². The summed E-state index contributed by atoms with van der Waals surface area (Å²) in [6.07, 6.45) is -3.14. The van der Waals surface area contributed by atoms with Crippen molar-refractivity contribution in [3.8, 4) is 0 Å². The van der Waals surface area contributed by atoms with Crippen LogP contribution in [-0.2, 0) is 88.3 Å². The van der Waals surface area contributed by atoms with Crippen LogP contribution in [0.4, 0.5) is 0 Å². The number of rotatable bonds is 55. The average molecular weight is 1410 g/mol. The minimum Gasteiger partial charge on any atom is -0.394 e. The number of hydrogen-bond acceptors (Lipinski definition) is 28. The molecule has 3 aliphatic rings. The van der Waals surface area contributed by atoms with Crippen molar-refractivity contribution in [2.45, 2.75) is 230 Å². The van der Waals surface area contributed by atoms with Crippen molar-refractivity contribution in [2.24, 2.45) is 17.3 Å². The van der Waals surface area contributed by atoms with Crippen LogP contribution in [0, 0.1) is 17.3 Å². The quantitative estimate of drug-likeness (QED) is 0.0307. The Labute approximate surface area is 547 Å². The lowest BCUT2D eigenvalue weighted by Gasteiger charge is -2.42. The van der Waals surface area contributed by atoms with E-state index in [1.54, 1.807) is 13.8 Å². The molecule has 0 spiro atoms. The first-order chi connectivity index (χ1) is 44.2. The van der Waals surface area contributed by atoms with Gasteiger partial charge in [-0.3, -0.25) is 31.9 Å². The highest BCUT2D eigenvalue weighted by atomic mass is 31.2. The Morgan fingerprint density at radius 2 is 0.774 bits per heavy atom. The number of phosphoric ester groups is 3. The molecule has 3 rings (SSSR count). The normalized spacial score (nSPS) is 29.6. The highest BCUT2D eigenvalue weighted by Gasteiger charge is 2.46. The number of unbranched alkanes of at least 4 members (excludes halogenated alkanes) is 10. The Morgan fingerprint density at radius 3 is 1.18 bits per heavy atom. The Bertz CT molecular complexity index is 2010. The maximum atomic E-state index is 12.7. The van der Waals surface area contributed by atoms with Gasteiger partial charge in [0, 0.05) is 51.8 Å². The summed E-state index contributed by atoms with van der Waals surface area (Å²) in [6.45, 7) is 7.13. The molecule has 3 heterocycles. The predicted molar refractivity (Wildman–Crippen MR) is 331 cm³/mol. The van der Waals surface area contributed by atoms with Crippen LogP contribution < -0.4 is 5.32 Å². The molecule has 0 aromatic carbocycles. The molecule has 3 fully saturated rings. The highest BCUT2D eigenvalue weighted by Crippen LogP contribution is 2.45. The van der Waals surface area contributed by atoms with E-state index < -0.39 is 127 Å². The van der Waals surface area contributed by atoms with Gasteiger partial charge in [0.1, 0.15) is 48.8 Å². The molecular weight excluding hydrogens is 1300 g/mol. The van der Waals surface area contributed by atoms with E-state index in [-0.39, 0.29) is 136 Å². The second-order valence-corrected chi connectivity index (χ2v) is 28.7. The third-order valence-corrected chi connectivity index (χ3v) is 18.9. The standard InChI is InChI=1S/C58H114NO31P3/c1-41(2)81-40-58(37-76-23-19-31-85-91(70,71)82-28-16-8-6-7-13-22-45-42(3)50(64)52(66)46(34-60)88-45,38-77-24-20-32-86-92(72,73)83-29-17-11-9-14-26-79-56-43(4)51(65)53(67)47(35-61)89-56)39-78-25-21-33-87-93(74,75)84-30-18-12-10-15-27-80-57-49(59-44(5)63)55(69)54(68)48(36-62)90-57/h41-43,45-57,60-62,64-69H,6-40H2,1-5H3,(H,59,63)(H,70,71)(H,72,73)(H,74,75)/t42?,43?,45-,46?,47?,48?,49?,50+,51+,52-,53-,54-,55+,56+,57+,58?/m0/s1. The molecule has 10 unspecified atom stereocenters. The fourth-order valence-electron chi connectivity index (χ4n) is 10.3. The van der Waals surface area contributed by atoms with E-state index in [9.17, 15) is 79.1 Å². The van der Waals surface area contributed by atoms with Crippen LogP contribution in [0.15, 0.2) is 0 Å². The van der Waals surface area contributed by atoms with Crippen molar-refractivity contribution in [1.82, 2.24) is 5.32 Å². The molecule has 0 aromatic rings. The number of amides is 1. The van der Waals surface area contributed by atoms with Gasteiger partial charge in [-0.2, -0.15) is 0 Å². The van der Waals surface area contributed by atoms with Gasteiger partial charge in [-0.05, 0) is 71.6 Å². The molecule has 552 valence electrons. The third-order valence-electron chi connectivity index (χ3n) is 15.9. The van der Waals surface area contributed by atoms with E-state index in [0.29, 0.717) is 70.8 Å². The van der Waals surface area contributed by atoms with Crippen LogP contribution in [0.2, 0.25) is 0 Å². The summed E-state index contributed by atoms with van der Waals surface area (Å²) in [5.41, 5.74) is -0.951. The van der Waals surface area contributed by atoms with E-state index >= 15 is 0 Å². The van der Waals surface area contributed by atoms with E-state index in [1.807, 2.05) is 13.8 Å². The maximum absolute atomic E-state index is 12.7. The summed E-state index contributed by atoms with van der Waals surface area (Å²) < 4.78 is 122. The number of aliphatic hydroxyl groups is 9. The molecule has 0 aliphatic carbocycles. The van der Waals surface area contributed by atoms with E-state index in [0.717, 1.165) is 25.7 Å². The SMILES string of the molecule is CC(=O)NC1[C@H](OCCCCCCOP(=O)(O)OCCCOCC(COCCCOP(=O)(O)OCCCCCCC[C@@H]2OC(CO)[C@H](O)[C@H](O)C2C)(COCCCOP(=O)(O)OCCCCCCO[C@@H]2OC(CO)[C@H](O)[C@H](O)C2C)COC(C)C)OC(CO)[C@H](O)[C@@H]1O. The molecule has 0 saturated carbocycles. The lowest BCUT2D eigenvalue weighted by molar-refractivity contribution is -0.282. The van der Waals surface area contributed by atoms with Gasteiger partial charge in [-0.1, -0.05) is 65.2 Å². The summed E-state index contributed by atoms with van der Waals surface area (Å²) in [5.74, 6) is -1.26. The van der Waals surface area contributed by atoms with Gasteiger partial charge in [-0.15, -0.1) is 0 Å². The van der Waals surface area contributed by atoms with Crippen molar-refractivity contribution >= 4 is 29.4 Å². The first-order valence-electron chi connectivity index (χ1n) is 32.8. The fraction of sp³-hybridized carbons (Fsp3) is 0.983. The first-order valence-corrected chi connectivity index (χ1v) is 37.3. The van der Waals surface area contributed by atoms with Gasteiger partial charge < -0.3 is 109 Å². The predicted octanol–water partition coefficient (Wildman–Crippen LogP) is 2.65. The highest BCUT2D eigenvalue weighted by molar-refractivity contribution is 7.47. The molecule has 32 nitrogen and oxygen atoms in total. The smallest absolute Gasteiger partial charge is 0.394 e. The Kier molecular flexibility index (Phi) is 43.8. The van der Waals surface area contributed by atoms with Crippen LogP contribution in [0.3, 0.4) is 0 Å². The number of phosphoric acid groups is 3. The van der Waals surface area contributed by atoms with Gasteiger partial charge in [0.25, 0.3) is 0 Å². The van der Waals surface area contributed by atoms with Crippen LogP contribution in [0.5, 0.6) is 0 Å². The van der Waals surface area contributed by atoms with E-state index in [2.05, 4.69) is 5.32 Å². The second kappa shape index (κ2) is 47.2. The summed E-state index contributed by atoms with van der Waals surface area (Å²) in [5, 5.41) is 92.3. The largest absolute Gasteiger partial charge is 0.472 e. The zero-order chi connectivity index (χ0) is 68.9. The van der Waals surface area contributed by atoms with E-state index in [4.69, 9.17) is 69.8 Å². The lowest BCUT2D eigenvalue weighted by atomic mass is 9.86. The minimum absolute atomic E-state index is 0.00144. The molecule has 0 bridgehead atoms. The lowest BCUT2D eigenvalue weighted by Crippen LogP contribution is -2.64. The number of ether oxygens (including phenoxy) is 9. The molecule has 1 amide bonds. The molecule has 35 heteroatoms. The minimum atomic E-state index is -4.43. The Hall–Kier alpha value is -0.920. The van der Waals surface area contributed by atoms with Crippen LogP contribution >= 0.6 is 23.5 Å². The number of nitrogens with one attached hydrogen (secondary N) is 1. The van der Waals surface area contributed by atoms with Crippen molar-refractivity contribution < 1.29 is 149 Å². The monoisotopic (exact) mass is 1410 g/mol. The van der Waals surface area contributed by atoms with Gasteiger partial charge >= 0.3 is 23.5 Å². The number of hydrogen-bond donors (Lipinski definition) is 13. The second-order valence-electron chi connectivity index (χ2n) is 24.3. The summed E-state index contributed by atoms with van der Waals surface area (Å²) in [7, 11) is -13.2. The van der Waals surface area contributed by atoms with Crippen LogP contribution in [-0.4, -0.2) is 271 Å². The zero-order valence-corrected chi connectivity index (χ0v) is 57.6.